The molecule has 1 N–H and O–H groups in total. The molecule has 3 aliphatic rings. The summed E-state index contributed by atoms with van der Waals surface area (Å²) >= 11 is 0. The summed E-state index contributed by atoms with van der Waals surface area (Å²) in [7, 11) is 2.17. The second-order valence-corrected chi connectivity index (χ2v) is 9.04. The van der Waals surface area contributed by atoms with E-state index in [1.54, 1.807) is 0 Å². The first-order valence-electron chi connectivity index (χ1n) is 11.4. The van der Waals surface area contributed by atoms with Crippen molar-refractivity contribution in [2.24, 2.45) is 5.92 Å². The Balaban J connectivity index is 1.28. The topological polar surface area (TPSA) is 69.0 Å². The Bertz CT molecular complexity index is 920. The van der Waals surface area contributed by atoms with Gasteiger partial charge in [-0.05, 0) is 39.4 Å². The van der Waals surface area contributed by atoms with Gasteiger partial charge >= 0.3 is 0 Å². The molecule has 0 aliphatic carbocycles. The third-order valence-electron chi connectivity index (χ3n) is 7.13. The van der Waals surface area contributed by atoms with E-state index >= 15 is 0 Å². The van der Waals surface area contributed by atoms with Gasteiger partial charge in [0.2, 0.25) is 5.91 Å². The van der Waals surface area contributed by atoms with Crippen LogP contribution in [0.2, 0.25) is 0 Å². The number of likely N-dealkylation sites (N-methyl/N-ethyl adjacent to an activating group) is 2. The Morgan fingerprint density at radius 2 is 2.07 bits per heavy atom. The molecule has 0 bridgehead atoms. The van der Waals surface area contributed by atoms with E-state index in [0.717, 1.165) is 70.1 Å². The molecule has 0 spiro atoms. The van der Waals surface area contributed by atoms with Crippen molar-refractivity contribution in [3.05, 3.63) is 23.5 Å². The number of carbonyl (C=O) groups is 1. The minimum atomic E-state index is 0.0596. The molecule has 5 heterocycles. The average molecular weight is 412 g/mol. The SMILES string of the molecule is CCN1CCCC1CNC(=O)C1CN(c2c3c(nc4ccnn24)CCN(C)CC3)C1. The van der Waals surface area contributed by atoms with Gasteiger partial charge in [0, 0.05) is 56.8 Å². The number of nitrogens with one attached hydrogen (secondary N) is 1. The molecule has 0 radical (unpaired) electrons. The maximum absolute atomic E-state index is 12.8. The zero-order valence-electron chi connectivity index (χ0n) is 18.2. The molecule has 0 aromatic carbocycles. The zero-order chi connectivity index (χ0) is 20.7. The highest BCUT2D eigenvalue weighted by Gasteiger charge is 2.37. The van der Waals surface area contributed by atoms with Gasteiger partial charge in [-0.25, -0.2) is 4.98 Å². The molecule has 2 fully saturated rings. The molecule has 1 unspecified atom stereocenters. The Kier molecular flexibility index (Phi) is 5.37. The quantitative estimate of drug-likeness (QED) is 0.785. The third-order valence-corrected chi connectivity index (χ3v) is 7.13. The van der Waals surface area contributed by atoms with Crippen LogP contribution < -0.4 is 10.2 Å². The van der Waals surface area contributed by atoms with Gasteiger partial charge in [-0.15, -0.1) is 0 Å². The van der Waals surface area contributed by atoms with Crippen molar-refractivity contribution in [1.82, 2.24) is 29.7 Å². The first-order valence-corrected chi connectivity index (χ1v) is 11.4. The lowest BCUT2D eigenvalue weighted by molar-refractivity contribution is -0.125. The van der Waals surface area contributed by atoms with Crippen LogP contribution in [0.1, 0.15) is 31.0 Å². The molecular weight excluding hydrogens is 378 g/mol. The van der Waals surface area contributed by atoms with Crippen LogP contribution in [0.4, 0.5) is 5.82 Å². The average Bonchev–Trinajstić information content (AvgIpc) is 3.32. The van der Waals surface area contributed by atoms with Crippen LogP contribution in [-0.2, 0) is 17.6 Å². The zero-order valence-corrected chi connectivity index (χ0v) is 18.2. The molecule has 3 aliphatic heterocycles. The Hall–Kier alpha value is -2.19. The van der Waals surface area contributed by atoms with E-state index in [9.17, 15) is 4.79 Å². The van der Waals surface area contributed by atoms with Crippen LogP contribution in [0, 0.1) is 5.92 Å². The minimum absolute atomic E-state index is 0.0596. The highest BCUT2D eigenvalue weighted by Crippen LogP contribution is 2.32. The van der Waals surface area contributed by atoms with Crippen molar-refractivity contribution < 1.29 is 4.79 Å². The number of rotatable bonds is 5. The van der Waals surface area contributed by atoms with Gasteiger partial charge in [0.15, 0.2) is 5.65 Å². The van der Waals surface area contributed by atoms with Gasteiger partial charge < -0.3 is 15.1 Å². The normalized spacial score (nSPS) is 23.4. The fraction of sp³-hybridized carbons (Fsp3) is 0.682. The predicted molar refractivity (Wildman–Crippen MR) is 117 cm³/mol. The lowest BCUT2D eigenvalue weighted by Crippen LogP contribution is -2.55. The second-order valence-electron chi connectivity index (χ2n) is 9.04. The number of likely N-dealkylation sites (tertiary alicyclic amines) is 1. The summed E-state index contributed by atoms with van der Waals surface area (Å²) in [5, 5.41) is 7.77. The number of carbonyl (C=O) groups excluding carboxylic acids is 1. The summed E-state index contributed by atoms with van der Waals surface area (Å²) in [5.41, 5.74) is 3.40. The highest BCUT2D eigenvalue weighted by molar-refractivity contribution is 5.82. The van der Waals surface area contributed by atoms with E-state index in [1.807, 2.05) is 16.8 Å². The van der Waals surface area contributed by atoms with E-state index < -0.39 is 0 Å². The number of amides is 1. The Labute approximate surface area is 178 Å². The van der Waals surface area contributed by atoms with E-state index in [1.165, 1.54) is 24.1 Å². The molecule has 1 atom stereocenters. The molecule has 8 nitrogen and oxygen atoms in total. The molecule has 2 saturated heterocycles. The van der Waals surface area contributed by atoms with Crippen molar-refractivity contribution in [2.45, 2.75) is 38.6 Å². The van der Waals surface area contributed by atoms with Gasteiger partial charge in [-0.1, -0.05) is 6.92 Å². The maximum atomic E-state index is 12.8. The number of fused-ring (bicyclic) bond motifs is 2. The summed E-state index contributed by atoms with van der Waals surface area (Å²) in [6, 6.07) is 2.48. The lowest BCUT2D eigenvalue weighted by atomic mass is 9.97. The molecule has 1 amide bonds. The highest BCUT2D eigenvalue weighted by atomic mass is 16.2. The van der Waals surface area contributed by atoms with E-state index in [-0.39, 0.29) is 11.8 Å². The van der Waals surface area contributed by atoms with Crippen LogP contribution in [-0.4, -0.2) is 89.2 Å². The molecule has 2 aromatic rings. The molecule has 8 heteroatoms. The summed E-state index contributed by atoms with van der Waals surface area (Å²) in [6.07, 6.45) is 6.20. The number of hydrogen-bond acceptors (Lipinski definition) is 6. The predicted octanol–water partition coefficient (Wildman–Crippen LogP) is 0.796. The number of hydrogen-bond donors (Lipinski definition) is 1. The van der Waals surface area contributed by atoms with Crippen molar-refractivity contribution in [3.63, 3.8) is 0 Å². The van der Waals surface area contributed by atoms with Crippen LogP contribution in [0.3, 0.4) is 0 Å². The maximum Gasteiger partial charge on any atom is 0.226 e. The first-order chi connectivity index (χ1) is 14.6. The number of anilines is 1. The van der Waals surface area contributed by atoms with Crippen LogP contribution >= 0.6 is 0 Å². The van der Waals surface area contributed by atoms with E-state index in [2.05, 4.69) is 39.1 Å². The summed E-state index contributed by atoms with van der Waals surface area (Å²) < 4.78 is 1.97. The Morgan fingerprint density at radius 1 is 1.23 bits per heavy atom. The first kappa shape index (κ1) is 19.8. The molecule has 5 rings (SSSR count). The van der Waals surface area contributed by atoms with Crippen molar-refractivity contribution >= 4 is 17.4 Å². The molecule has 0 saturated carbocycles. The largest absolute Gasteiger partial charge is 0.354 e. The van der Waals surface area contributed by atoms with Crippen LogP contribution in [0.25, 0.3) is 5.65 Å². The van der Waals surface area contributed by atoms with Gasteiger partial charge in [0.05, 0.1) is 17.8 Å². The molecule has 2 aromatic heterocycles. The minimum Gasteiger partial charge on any atom is -0.354 e. The van der Waals surface area contributed by atoms with Crippen LogP contribution in [0.5, 0.6) is 0 Å². The summed E-state index contributed by atoms with van der Waals surface area (Å²) in [4.78, 5) is 24.8. The van der Waals surface area contributed by atoms with Gasteiger partial charge in [0.25, 0.3) is 0 Å². The second kappa shape index (κ2) is 8.15. The monoisotopic (exact) mass is 411 g/mol. The Morgan fingerprint density at radius 3 is 2.90 bits per heavy atom. The van der Waals surface area contributed by atoms with E-state index in [0.29, 0.717) is 6.04 Å². The standard InChI is InChI=1S/C22H33N7O/c1-3-27-10-4-5-17(27)13-23-21(30)16-14-28(15-16)22-18-7-11-26(2)12-8-19(18)25-20-6-9-24-29(20)22/h6,9,16-17H,3-5,7-8,10-15H2,1-2H3,(H,23,30). The fourth-order valence-corrected chi connectivity index (χ4v) is 5.23. The van der Waals surface area contributed by atoms with Gasteiger partial charge in [0.1, 0.15) is 5.82 Å². The molecular formula is C22H33N7O. The van der Waals surface area contributed by atoms with Crippen molar-refractivity contribution in [1.29, 1.82) is 0 Å². The van der Waals surface area contributed by atoms with Crippen molar-refractivity contribution in [3.8, 4) is 0 Å². The fourth-order valence-electron chi connectivity index (χ4n) is 5.23. The number of nitrogens with zero attached hydrogens (tertiary/aromatic N) is 6. The summed E-state index contributed by atoms with van der Waals surface area (Å²) in [6.45, 7) is 8.80. The summed E-state index contributed by atoms with van der Waals surface area (Å²) in [5.74, 6) is 1.41. The molecule has 30 heavy (non-hydrogen) atoms. The van der Waals surface area contributed by atoms with Gasteiger partial charge in [-0.3, -0.25) is 9.69 Å². The number of aromatic nitrogens is 3. The smallest absolute Gasteiger partial charge is 0.226 e. The lowest BCUT2D eigenvalue weighted by Gasteiger charge is -2.41. The third kappa shape index (κ3) is 3.56. The van der Waals surface area contributed by atoms with Crippen LogP contribution in [0.15, 0.2) is 12.3 Å². The van der Waals surface area contributed by atoms with E-state index in [4.69, 9.17) is 4.98 Å². The van der Waals surface area contributed by atoms with Crippen molar-refractivity contribution in [2.75, 3.05) is 57.8 Å². The van der Waals surface area contributed by atoms with Gasteiger partial charge in [-0.2, -0.15) is 9.61 Å². The molecule has 162 valence electrons.